The maximum Gasteiger partial charge on any atom is 0.116 e. The number of nitrogens with one attached hydrogen (secondary N) is 1. The van der Waals surface area contributed by atoms with Crippen molar-refractivity contribution in [3.8, 4) is 5.75 Å². The molecule has 19 heavy (non-hydrogen) atoms. The van der Waals surface area contributed by atoms with Crippen molar-refractivity contribution < 1.29 is 10.2 Å². The molecule has 3 nitrogen and oxygen atoms in total. The molecule has 0 saturated heterocycles. The Morgan fingerprint density at radius 1 is 1.37 bits per heavy atom. The van der Waals surface area contributed by atoms with Gasteiger partial charge in [0.1, 0.15) is 5.75 Å². The molecule has 1 heterocycles. The number of hydrogen-bond donors (Lipinski definition) is 3. The Hall–Kier alpha value is -1.55. The van der Waals surface area contributed by atoms with E-state index in [9.17, 15) is 10.2 Å². The van der Waals surface area contributed by atoms with Crippen molar-refractivity contribution in [1.82, 2.24) is 4.98 Å². The topological polar surface area (TPSA) is 56.2 Å². The quantitative estimate of drug-likeness (QED) is 0.576. The molecule has 0 unspecified atom stereocenters. The average molecular weight is 277 g/mol. The molecule has 1 aromatic carbocycles. The molecule has 1 aromatic heterocycles. The van der Waals surface area contributed by atoms with Gasteiger partial charge in [0.05, 0.1) is 5.76 Å². The smallest absolute Gasteiger partial charge is 0.116 e. The fourth-order valence-electron chi connectivity index (χ4n) is 1.96. The number of aliphatic hydroxyl groups is 1. The first-order valence-electron chi connectivity index (χ1n) is 6.15. The Bertz CT molecular complexity index is 623. The molecule has 0 aliphatic carbocycles. The van der Waals surface area contributed by atoms with Gasteiger partial charge in [-0.3, -0.25) is 0 Å². The fourth-order valence-corrected chi connectivity index (χ4v) is 3.10. The van der Waals surface area contributed by atoms with Gasteiger partial charge in [-0.25, -0.2) is 0 Å². The second-order valence-electron chi connectivity index (χ2n) is 5.62. The van der Waals surface area contributed by atoms with Gasteiger partial charge in [-0.2, -0.15) is 0 Å². The van der Waals surface area contributed by atoms with Crippen LogP contribution in [-0.4, -0.2) is 19.9 Å². The van der Waals surface area contributed by atoms with Gasteiger partial charge in [0.2, 0.25) is 0 Å². The first-order chi connectivity index (χ1) is 8.76. The summed E-state index contributed by atoms with van der Waals surface area (Å²) in [5.41, 5.74) is 1.90. The minimum absolute atomic E-state index is 0.0477. The highest BCUT2D eigenvalue weighted by Gasteiger charge is 2.20. The first-order valence-corrected chi connectivity index (χ1v) is 6.97. The highest BCUT2D eigenvalue weighted by Crippen LogP contribution is 2.40. The molecule has 0 aliphatic heterocycles. The Labute approximate surface area is 117 Å². The zero-order valence-electron chi connectivity index (χ0n) is 11.4. The number of thioether (sulfide) groups is 1. The number of hydrogen-bond acceptors (Lipinski definition) is 3. The number of allylic oxidation sites excluding steroid dienone is 1. The lowest BCUT2D eigenvalue weighted by atomic mass is 10.2. The SMILES string of the molecule is C=C(O)Cc1[nH]c2ccc(O)cc2c1SC(C)(C)C. The lowest BCUT2D eigenvalue weighted by molar-refractivity contribution is 0.399. The van der Waals surface area contributed by atoms with Crippen molar-refractivity contribution in [3.63, 3.8) is 0 Å². The van der Waals surface area contributed by atoms with Gasteiger partial charge in [0.15, 0.2) is 0 Å². The molecule has 4 heteroatoms. The minimum atomic E-state index is 0.0477. The fraction of sp³-hybridized carbons (Fsp3) is 0.333. The number of aromatic hydroxyl groups is 1. The van der Waals surface area contributed by atoms with Crippen LogP contribution in [0.3, 0.4) is 0 Å². The first kappa shape index (κ1) is 13.9. The van der Waals surface area contributed by atoms with E-state index in [1.807, 2.05) is 6.07 Å². The highest BCUT2D eigenvalue weighted by atomic mass is 32.2. The minimum Gasteiger partial charge on any atom is -0.513 e. The van der Waals surface area contributed by atoms with Gasteiger partial charge in [-0.15, -0.1) is 11.8 Å². The molecule has 0 saturated carbocycles. The molecule has 0 fully saturated rings. The number of aromatic nitrogens is 1. The lowest BCUT2D eigenvalue weighted by Gasteiger charge is -2.18. The third-order valence-corrected chi connectivity index (χ3v) is 3.88. The largest absolute Gasteiger partial charge is 0.513 e. The van der Waals surface area contributed by atoms with E-state index in [-0.39, 0.29) is 16.3 Å². The van der Waals surface area contributed by atoms with Crippen LogP contribution < -0.4 is 0 Å². The monoisotopic (exact) mass is 277 g/mol. The molecular weight excluding hydrogens is 258 g/mol. The Kier molecular flexibility index (Phi) is 3.54. The molecule has 0 amide bonds. The summed E-state index contributed by atoms with van der Waals surface area (Å²) in [6.07, 6.45) is 0.397. The van der Waals surface area contributed by atoms with Crippen LogP contribution in [0.15, 0.2) is 35.4 Å². The summed E-state index contributed by atoms with van der Waals surface area (Å²) in [5, 5.41) is 20.1. The average Bonchev–Trinajstić information content (AvgIpc) is 2.54. The van der Waals surface area contributed by atoms with Gasteiger partial charge >= 0.3 is 0 Å². The molecule has 102 valence electrons. The van der Waals surface area contributed by atoms with E-state index in [0.29, 0.717) is 6.42 Å². The van der Waals surface area contributed by atoms with Crippen molar-refractivity contribution in [2.24, 2.45) is 0 Å². The van der Waals surface area contributed by atoms with Crippen molar-refractivity contribution in [2.75, 3.05) is 0 Å². The summed E-state index contributed by atoms with van der Waals surface area (Å²) in [6, 6.07) is 5.26. The van der Waals surface area contributed by atoms with E-state index in [4.69, 9.17) is 0 Å². The van der Waals surface area contributed by atoms with Crippen LogP contribution >= 0.6 is 11.8 Å². The zero-order valence-corrected chi connectivity index (χ0v) is 12.3. The summed E-state index contributed by atoms with van der Waals surface area (Å²) >= 11 is 1.72. The van der Waals surface area contributed by atoms with Crippen LogP contribution in [0.4, 0.5) is 0 Å². The Morgan fingerprint density at radius 2 is 2.05 bits per heavy atom. The van der Waals surface area contributed by atoms with Crippen LogP contribution in [0.1, 0.15) is 26.5 Å². The van der Waals surface area contributed by atoms with E-state index in [1.54, 1.807) is 23.9 Å². The molecule has 0 aliphatic rings. The second kappa shape index (κ2) is 4.85. The molecule has 0 radical (unpaired) electrons. The molecular formula is C15H19NO2S. The third-order valence-electron chi connectivity index (χ3n) is 2.60. The maximum absolute atomic E-state index is 9.65. The normalized spacial score (nSPS) is 11.9. The van der Waals surface area contributed by atoms with E-state index in [2.05, 4.69) is 32.3 Å². The summed E-state index contributed by atoms with van der Waals surface area (Å²) in [5.74, 6) is 0.378. The van der Waals surface area contributed by atoms with E-state index >= 15 is 0 Å². The highest BCUT2D eigenvalue weighted by molar-refractivity contribution is 8.00. The molecule has 3 N–H and O–H groups in total. The van der Waals surface area contributed by atoms with Gasteiger partial charge in [0, 0.05) is 32.7 Å². The second-order valence-corrected chi connectivity index (χ2v) is 7.46. The van der Waals surface area contributed by atoms with Crippen molar-refractivity contribution in [1.29, 1.82) is 0 Å². The number of phenolic OH excluding ortho intramolecular Hbond substituents is 1. The molecule has 0 bridgehead atoms. The standard InChI is InChI=1S/C15H19NO2S/c1-9(17)7-13-14(19-15(2,3)4)11-8-10(18)5-6-12(11)16-13/h5-6,8,16-18H,1,7H2,2-4H3. The lowest BCUT2D eigenvalue weighted by Crippen LogP contribution is -2.07. The van der Waals surface area contributed by atoms with Gasteiger partial charge in [-0.05, 0) is 18.2 Å². The summed E-state index contributed by atoms with van der Waals surface area (Å²) in [7, 11) is 0. The van der Waals surface area contributed by atoms with E-state index in [0.717, 1.165) is 21.5 Å². The Morgan fingerprint density at radius 3 is 2.63 bits per heavy atom. The third kappa shape index (κ3) is 3.26. The predicted molar refractivity (Wildman–Crippen MR) is 81.0 cm³/mol. The molecule has 2 rings (SSSR count). The Balaban J connectivity index is 2.59. The van der Waals surface area contributed by atoms with Crippen LogP contribution in [-0.2, 0) is 6.42 Å². The van der Waals surface area contributed by atoms with Crippen LogP contribution in [0, 0.1) is 0 Å². The van der Waals surface area contributed by atoms with E-state index < -0.39 is 0 Å². The van der Waals surface area contributed by atoms with E-state index in [1.165, 1.54) is 0 Å². The summed E-state index contributed by atoms with van der Waals surface area (Å²) in [4.78, 5) is 4.36. The maximum atomic E-state index is 9.65. The predicted octanol–water partition coefficient (Wildman–Crippen LogP) is 4.38. The molecule has 0 atom stereocenters. The molecule has 0 spiro atoms. The molecule has 2 aromatic rings. The van der Waals surface area contributed by atoms with Crippen molar-refractivity contribution in [2.45, 2.75) is 36.8 Å². The number of aromatic amines is 1. The van der Waals surface area contributed by atoms with Gasteiger partial charge in [0.25, 0.3) is 0 Å². The number of aliphatic hydroxyl groups excluding tert-OH is 1. The number of phenols is 1. The zero-order chi connectivity index (χ0) is 14.2. The van der Waals surface area contributed by atoms with Crippen LogP contribution in [0.2, 0.25) is 0 Å². The van der Waals surface area contributed by atoms with Gasteiger partial charge < -0.3 is 15.2 Å². The van der Waals surface area contributed by atoms with Crippen LogP contribution in [0.25, 0.3) is 10.9 Å². The number of rotatable bonds is 3. The summed E-state index contributed by atoms with van der Waals surface area (Å²) in [6.45, 7) is 9.96. The number of benzene rings is 1. The van der Waals surface area contributed by atoms with Crippen molar-refractivity contribution >= 4 is 22.7 Å². The number of fused-ring (bicyclic) bond motifs is 1. The van der Waals surface area contributed by atoms with Crippen LogP contribution in [0.5, 0.6) is 5.75 Å². The number of H-pyrrole nitrogens is 1. The van der Waals surface area contributed by atoms with Crippen molar-refractivity contribution in [3.05, 3.63) is 36.2 Å². The van der Waals surface area contributed by atoms with Gasteiger partial charge in [-0.1, -0.05) is 27.4 Å². The summed E-state index contributed by atoms with van der Waals surface area (Å²) < 4.78 is 0.0477.